The van der Waals surface area contributed by atoms with Gasteiger partial charge in [-0.2, -0.15) is 0 Å². The molecule has 0 aromatic heterocycles. The summed E-state index contributed by atoms with van der Waals surface area (Å²) >= 11 is 0. The maximum absolute atomic E-state index is 3.72. The number of nitrogens with zero attached hydrogens (tertiary/aromatic N) is 1. The van der Waals surface area contributed by atoms with E-state index in [1.165, 1.54) is 45.2 Å². The smallest absolute Gasteiger partial charge is 0.0244 e. The summed E-state index contributed by atoms with van der Waals surface area (Å²) in [6.07, 6.45) is 9.27. The molecule has 2 rings (SSSR count). The third-order valence-electron chi connectivity index (χ3n) is 4.85. The molecule has 19 heavy (non-hydrogen) atoms. The molecule has 1 heterocycles. The van der Waals surface area contributed by atoms with Crippen LogP contribution in [0.2, 0.25) is 0 Å². The van der Waals surface area contributed by atoms with Crippen LogP contribution in [-0.4, -0.2) is 36.6 Å². The lowest BCUT2D eigenvalue weighted by Crippen LogP contribution is -2.59. The Bertz CT molecular complexity index is 314. The van der Waals surface area contributed by atoms with Gasteiger partial charge in [-0.3, -0.25) is 4.90 Å². The van der Waals surface area contributed by atoms with Crippen molar-refractivity contribution in [1.82, 2.24) is 10.2 Å². The molecule has 0 aromatic rings. The molecule has 1 saturated heterocycles. The summed E-state index contributed by atoms with van der Waals surface area (Å²) < 4.78 is 0. The van der Waals surface area contributed by atoms with Crippen molar-refractivity contribution < 1.29 is 0 Å². The van der Waals surface area contributed by atoms with Gasteiger partial charge in [0.25, 0.3) is 0 Å². The van der Waals surface area contributed by atoms with Crippen molar-refractivity contribution in [3.63, 3.8) is 0 Å². The van der Waals surface area contributed by atoms with E-state index in [4.69, 9.17) is 0 Å². The number of hydrogen-bond donors (Lipinski definition) is 1. The van der Waals surface area contributed by atoms with Crippen molar-refractivity contribution in [1.29, 1.82) is 0 Å². The zero-order chi connectivity index (χ0) is 13.9. The molecule has 2 aliphatic rings. The number of hydrogen-bond acceptors (Lipinski definition) is 2. The van der Waals surface area contributed by atoms with Crippen molar-refractivity contribution in [3.05, 3.63) is 11.6 Å². The molecule has 2 atom stereocenters. The largest absolute Gasteiger partial charge is 0.311 e. The van der Waals surface area contributed by atoms with Crippen LogP contribution in [0.1, 0.15) is 59.8 Å². The molecular weight excluding hydrogens is 232 g/mol. The number of piperazine rings is 1. The monoisotopic (exact) mass is 264 g/mol. The normalized spacial score (nSPS) is 30.2. The second-order valence-corrected chi connectivity index (χ2v) is 7.53. The number of nitrogens with one attached hydrogen (secondary N) is 1. The van der Waals surface area contributed by atoms with Crippen LogP contribution in [0.15, 0.2) is 11.6 Å². The highest BCUT2D eigenvalue weighted by Gasteiger charge is 2.32. The highest BCUT2D eigenvalue weighted by atomic mass is 15.2. The lowest BCUT2D eigenvalue weighted by Gasteiger charge is -2.44. The molecule has 1 aliphatic carbocycles. The molecule has 1 N–H and O–H groups in total. The summed E-state index contributed by atoms with van der Waals surface area (Å²) in [6, 6.07) is 1.31. The van der Waals surface area contributed by atoms with Gasteiger partial charge < -0.3 is 5.32 Å². The summed E-state index contributed by atoms with van der Waals surface area (Å²) in [7, 11) is 0. The summed E-state index contributed by atoms with van der Waals surface area (Å²) in [5.74, 6) is 0. The molecule has 0 bridgehead atoms. The average Bonchev–Trinajstić information content (AvgIpc) is 2.37. The molecule has 0 aromatic carbocycles. The standard InChI is InChI=1S/C17H32N2/c1-14-12-18-16(17(2,3)4)13-19(14)11-10-15-8-6-5-7-9-15/h8,14,16,18H,5-7,9-13H2,1-4H3. The molecule has 2 heteroatoms. The van der Waals surface area contributed by atoms with Crippen molar-refractivity contribution >= 4 is 0 Å². The van der Waals surface area contributed by atoms with Crippen LogP contribution < -0.4 is 5.32 Å². The van der Waals surface area contributed by atoms with Gasteiger partial charge >= 0.3 is 0 Å². The molecule has 0 saturated carbocycles. The predicted molar refractivity (Wildman–Crippen MR) is 83.4 cm³/mol. The van der Waals surface area contributed by atoms with E-state index >= 15 is 0 Å². The van der Waals surface area contributed by atoms with Crippen LogP contribution in [0.3, 0.4) is 0 Å². The van der Waals surface area contributed by atoms with E-state index in [0.29, 0.717) is 17.5 Å². The Labute approximate surface area is 119 Å². The minimum absolute atomic E-state index is 0.364. The third-order valence-corrected chi connectivity index (χ3v) is 4.85. The van der Waals surface area contributed by atoms with Gasteiger partial charge in [0, 0.05) is 31.7 Å². The van der Waals surface area contributed by atoms with Gasteiger partial charge in [-0.15, -0.1) is 0 Å². The number of allylic oxidation sites excluding steroid dienone is 1. The quantitative estimate of drug-likeness (QED) is 0.784. The van der Waals surface area contributed by atoms with Gasteiger partial charge in [0.15, 0.2) is 0 Å². The van der Waals surface area contributed by atoms with E-state index in [1.54, 1.807) is 5.57 Å². The van der Waals surface area contributed by atoms with Gasteiger partial charge in [0.1, 0.15) is 0 Å². The van der Waals surface area contributed by atoms with Crippen molar-refractivity contribution in [2.75, 3.05) is 19.6 Å². The van der Waals surface area contributed by atoms with Crippen LogP contribution in [0, 0.1) is 5.41 Å². The molecule has 2 unspecified atom stereocenters. The van der Waals surface area contributed by atoms with E-state index in [1.807, 2.05) is 0 Å². The fraction of sp³-hybridized carbons (Fsp3) is 0.882. The fourth-order valence-electron chi connectivity index (χ4n) is 3.23. The van der Waals surface area contributed by atoms with Crippen molar-refractivity contribution in [2.45, 2.75) is 71.9 Å². The van der Waals surface area contributed by atoms with Crippen molar-refractivity contribution in [2.24, 2.45) is 5.41 Å². The van der Waals surface area contributed by atoms with Gasteiger partial charge in [-0.25, -0.2) is 0 Å². The first-order chi connectivity index (χ1) is 8.97. The molecule has 0 amide bonds. The van der Waals surface area contributed by atoms with Crippen LogP contribution in [-0.2, 0) is 0 Å². The maximum atomic E-state index is 3.72. The minimum atomic E-state index is 0.364. The summed E-state index contributed by atoms with van der Waals surface area (Å²) in [5, 5.41) is 3.72. The topological polar surface area (TPSA) is 15.3 Å². The Hall–Kier alpha value is -0.340. The molecule has 0 spiro atoms. The fourth-order valence-corrected chi connectivity index (χ4v) is 3.23. The third kappa shape index (κ3) is 4.32. The predicted octanol–water partition coefficient (Wildman–Crippen LogP) is 3.59. The Kier molecular flexibility index (Phi) is 5.08. The van der Waals surface area contributed by atoms with Gasteiger partial charge in [-0.1, -0.05) is 32.4 Å². The van der Waals surface area contributed by atoms with E-state index in [0.717, 1.165) is 6.54 Å². The van der Waals surface area contributed by atoms with E-state index < -0.39 is 0 Å². The van der Waals surface area contributed by atoms with E-state index in [2.05, 4.69) is 44.0 Å². The Morgan fingerprint density at radius 3 is 2.74 bits per heavy atom. The lowest BCUT2D eigenvalue weighted by molar-refractivity contribution is 0.0945. The van der Waals surface area contributed by atoms with Gasteiger partial charge in [-0.05, 0) is 44.4 Å². The van der Waals surface area contributed by atoms with Crippen LogP contribution in [0.5, 0.6) is 0 Å². The second kappa shape index (κ2) is 6.41. The lowest BCUT2D eigenvalue weighted by atomic mass is 9.84. The minimum Gasteiger partial charge on any atom is -0.311 e. The highest BCUT2D eigenvalue weighted by molar-refractivity contribution is 5.05. The Balaban J connectivity index is 1.85. The first-order valence-corrected chi connectivity index (χ1v) is 8.12. The first-order valence-electron chi connectivity index (χ1n) is 8.12. The van der Waals surface area contributed by atoms with E-state index in [-0.39, 0.29) is 0 Å². The van der Waals surface area contributed by atoms with Crippen molar-refractivity contribution in [3.8, 4) is 0 Å². The Morgan fingerprint density at radius 1 is 1.32 bits per heavy atom. The molecule has 0 radical (unpaired) electrons. The Morgan fingerprint density at radius 2 is 2.11 bits per heavy atom. The van der Waals surface area contributed by atoms with Crippen LogP contribution >= 0.6 is 0 Å². The summed E-state index contributed by atoms with van der Waals surface area (Å²) in [4.78, 5) is 2.70. The van der Waals surface area contributed by atoms with Gasteiger partial charge in [0.05, 0.1) is 0 Å². The van der Waals surface area contributed by atoms with Gasteiger partial charge in [0.2, 0.25) is 0 Å². The molecule has 1 aliphatic heterocycles. The number of rotatable bonds is 3. The van der Waals surface area contributed by atoms with Crippen LogP contribution in [0.25, 0.3) is 0 Å². The average molecular weight is 264 g/mol. The highest BCUT2D eigenvalue weighted by Crippen LogP contribution is 2.25. The zero-order valence-corrected chi connectivity index (χ0v) is 13.3. The molecule has 110 valence electrons. The summed E-state index contributed by atoms with van der Waals surface area (Å²) in [6.45, 7) is 13.0. The van der Waals surface area contributed by atoms with E-state index in [9.17, 15) is 0 Å². The molecule has 1 fully saturated rings. The van der Waals surface area contributed by atoms with Crippen LogP contribution in [0.4, 0.5) is 0 Å². The summed E-state index contributed by atoms with van der Waals surface area (Å²) in [5.41, 5.74) is 2.08. The first kappa shape index (κ1) is 15.1. The molecule has 2 nitrogen and oxygen atoms in total. The SMILES string of the molecule is CC1CNC(C(C)(C)C)CN1CCC1=CCCCC1. The maximum Gasteiger partial charge on any atom is 0.0244 e. The zero-order valence-electron chi connectivity index (χ0n) is 13.3. The second-order valence-electron chi connectivity index (χ2n) is 7.53. The molecular formula is C17H32N2.